The molecule has 0 amide bonds. The van der Waals surface area contributed by atoms with Gasteiger partial charge in [-0.3, -0.25) is 0 Å². The van der Waals surface area contributed by atoms with E-state index in [0.29, 0.717) is 24.4 Å². The summed E-state index contributed by atoms with van der Waals surface area (Å²) >= 11 is 4.71. The van der Waals surface area contributed by atoms with Crippen molar-refractivity contribution in [3.63, 3.8) is 0 Å². The van der Waals surface area contributed by atoms with Crippen LogP contribution in [0.4, 0.5) is 0 Å². The number of thiocarbonyl (C=S) groups is 1. The Kier molecular flexibility index (Phi) is 6.17. The topological polar surface area (TPSA) is 84.2 Å². The van der Waals surface area contributed by atoms with E-state index in [0.717, 1.165) is 0 Å². The number of nitrogens with two attached hydrogens (primary N) is 1. The Bertz CT molecular complexity index is 277. The van der Waals surface area contributed by atoms with Gasteiger partial charge in [0.1, 0.15) is 0 Å². The van der Waals surface area contributed by atoms with E-state index in [1.165, 1.54) is 0 Å². The summed E-state index contributed by atoms with van der Waals surface area (Å²) in [5, 5.41) is 0. The van der Waals surface area contributed by atoms with Gasteiger partial charge in [-0.25, -0.2) is 4.72 Å². The Morgan fingerprint density at radius 2 is 2.07 bits per heavy atom. The van der Waals surface area contributed by atoms with E-state index in [1.54, 1.807) is 6.92 Å². The lowest BCUT2D eigenvalue weighted by molar-refractivity contribution is 0.536. The fraction of sp³-hybridized carbons (Fsp3) is 0.857. The minimum atomic E-state index is -3.40. The molecule has 0 bridgehead atoms. The average molecular weight is 239 g/mol. The fourth-order valence-corrected chi connectivity index (χ4v) is 2.32. The standard InChI is InChI=1S/C7H17N3O2S2/c1-3-6(5-7(8)13)10-14(11,12)9-4-2/h6,9-10H,3-5H2,1-2H3,(H2,8,13). The van der Waals surface area contributed by atoms with Gasteiger partial charge in [-0.05, 0) is 6.42 Å². The van der Waals surface area contributed by atoms with E-state index in [4.69, 9.17) is 18.0 Å². The highest BCUT2D eigenvalue weighted by Crippen LogP contribution is 1.99. The van der Waals surface area contributed by atoms with Gasteiger partial charge in [0, 0.05) is 19.0 Å². The van der Waals surface area contributed by atoms with Crippen LogP contribution < -0.4 is 15.2 Å². The van der Waals surface area contributed by atoms with Crippen molar-refractivity contribution in [3.8, 4) is 0 Å². The summed E-state index contributed by atoms with van der Waals surface area (Å²) in [5.41, 5.74) is 5.34. The van der Waals surface area contributed by atoms with Crippen molar-refractivity contribution in [2.45, 2.75) is 32.7 Å². The van der Waals surface area contributed by atoms with Crippen LogP contribution in [0.15, 0.2) is 0 Å². The lowest BCUT2D eigenvalue weighted by atomic mass is 10.2. The second-order valence-corrected chi connectivity index (χ2v) is 4.95. The number of hydrogen-bond donors (Lipinski definition) is 3. The minimum absolute atomic E-state index is 0.225. The van der Waals surface area contributed by atoms with Gasteiger partial charge in [0.25, 0.3) is 10.2 Å². The summed E-state index contributed by atoms with van der Waals surface area (Å²) in [7, 11) is -3.40. The number of rotatable bonds is 7. The van der Waals surface area contributed by atoms with Crippen LogP contribution in [0.5, 0.6) is 0 Å². The molecule has 0 radical (unpaired) electrons. The SMILES string of the molecule is CCNS(=O)(=O)NC(CC)CC(N)=S. The van der Waals surface area contributed by atoms with Crippen LogP contribution in [0.1, 0.15) is 26.7 Å². The Hall–Kier alpha value is -0.240. The molecule has 5 nitrogen and oxygen atoms in total. The third-order valence-corrected chi connectivity index (χ3v) is 3.08. The predicted octanol–water partition coefficient (Wildman–Crippen LogP) is -0.115. The molecule has 0 heterocycles. The van der Waals surface area contributed by atoms with Gasteiger partial charge in [0.05, 0.1) is 4.99 Å². The summed E-state index contributed by atoms with van der Waals surface area (Å²) in [4.78, 5) is 0.316. The van der Waals surface area contributed by atoms with Gasteiger partial charge in [0.2, 0.25) is 0 Å². The molecule has 0 fully saturated rings. The minimum Gasteiger partial charge on any atom is -0.393 e. The third-order valence-electron chi connectivity index (χ3n) is 1.60. The lowest BCUT2D eigenvalue weighted by Gasteiger charge is -2.16. The van der Waals surface area contributed by atoms with Crippen LogP contribution in [-0.2, 0) is 10.2 Å². The maximum absolute atomic E-state index is 11.3. The molecule has 1 unspecified atom stereocenters. The molecule has 0 rings (SSSR count). The van der Waals surface area contributed by atoms with Gasteiger partial charge in [-0.2, -0.15) is 13.1 Å². The maximum atomic E-state index is 11.3. The Labute approximate surface area is 90.6 Å². The van der Waals surface area contributed by atoms with Crippen LogP contribution in [-0.4, -0.2) is 26.0 Å². The zero-order valence-corrected chi connectivity index (χ0v) is 10.0. The van der Waals surface area contributed by atoms with Crippen LogP contribution >= 0.6 is 12.2 Å². The van der Waals surface area contributed by atoms with E-state index in [2.05, 4.69) is 9.44 Å². The summed E-state index contributed by atoms with van der Waals surface area (Å²) in [5.74, 6) is 0. The second-order valence-electron chi connectivity index (χ2n) is 2.89. The number of hydrogen-bond acceptors (Lipinski definition) is 3. The zero-order valence-electron chi connectivity index (χ0n) is 8.41. The molecule has 7 heteroatoms. The maximum Gasteiger partial charge on any atom is 0.277 e. The van der Waals surface area contributed by atoms with E-state index < -0.39 is 10.2 Å². The first-order valence-electron chi connectivity index (χ1n) is 4.46. The monoisotopic (exact) mass is 239 g/mol. The lowest BCUT2D eigenvalue weighted by Crippen LogP contribution is -2.43. The molecule has 0 aromatic heterocycles. The summed E-state index contributed by atoms with van der Waals surface area (Å²) in [6.07, 6.45) is 1.04. The van der Waals surface area contributed by atoms with Crippen LogP contribution in [0, 0.1) is 0 Å². The molecular weight excluding hydrogens is 222 g/mol. The van der Waals surface area contributed by atoms with Crippen LogP contribution in [0.25, 0.3) is 0 Å². The van der Waals surface area contributed by atoms with Gasteiger partial charge >= 0.3 is 0 Å². The molecule has 0 saturated heterocycles. The average Bonchev–Trinajstić information content (AvgIpc) is 2.01. The van der Waals surface area contributed by atoms with E-state index in [9.17, 15) is 8.42 Å². The number of nitrogens with one attached hydrogen (secondary N) is 2. The largest absolute Gasteiger partial charge is 0.393 e. The van der Waals surface area contributed by atoms with Crippen molar-refractivity contribution < 1.29 is 8.42 Å². The van der Waals surface area contributed by atoms with Gasteiger partial charge in [-0.1, -0.05) is 26.1 Å². The normalized spacial score (nSPS) is 13.9. The molecule has 0 aromatic carbocycles. The van der Waals surface area contributed by atoms with Gasteiger partial charge < -0.3 is 5.73 Å². The first-order chi connectivity index (χ1) is 6.41. The molecular formula is C7H17N3O2S2. The molecule has 84 valence electrons. The van der Waals surface area contributed by atoms with E-state index >= 15 is 0 Å². The first-order valence-corrected chi connectivity index (χ1v) is 6.35. The van der Waals surface area contributed by atoms with Gasteiger partial charge in [-0.15, -0.1) is 0 Å². The highest BCUT2D eigenvalue weighted by atomic mass is 32.2. The molecule has 0 aliphatic heterocycles. The zero-order chi connectivity index (χ0) is 11.2. The van der Waals surface area contributed by atoms with Crippen molar-refractivity contribution in [1.82, 2.24) is 9.44 Å². The van der Waals surface area contributed by atoms with Crippen LogP contribution in [0.3, 0.4) is 0 Å². The highest BCUT2D eigenvalue weighted by molar-refractivity contribution is 7.87. The Morgan fingerprint density at radius 1 is 1.50 bits per heavy atom. The third kappa shape index (κ3) is 6.25. The van der Waals surface area contributed by atoms with Crippen molar-refractivity contribution in [3.05, 3.63) is 0 Å². The molecule has 4 N–H and O–H groups in total. The predicted molar refractivity (Wildman–Crippen MR) is 61.2 cm³/mol. The quantitative estimate of drug-likeness (QED) is 0.541. The first kappa shape index (κ1) is 13.8. The smallest absolute Gasteiger partial charge is 0.277 e. The van der Waals surface area contributed by atoms with E-state index in [-0.39, 0.29) is 6.04 Å². The molecule has 0 saturated carbocycles. The summed E-state index contributed by atoms with van der Waals surface area (Å²) < 4.78 is 27.4. The van der Waals surface area contributed by atoms with E-state index in [1.807, 2.05) is 6.92 Å². The second kappa shape index (κ2) is 6.28. The molecule has 14 heavy (non-hydrogen) atoms. The molecule has 0 aromatic rings. The van der Waals surface area contributed by atoms with Crippen molar-refractivity contribution in [2.75, 3.05) is 6.54 Å². The van der Waals surface area contributed by atoms with Gasteiger partial charge in [0.15, 0.2) is 0 Å². The summed E-state index contributed by atoms with van der Waals surface area (Å²) in [6, 6.07) is -0.225. The molecule has 0 aliphatic rings. The van der Waals surface area contributed by atoms with Crippen molar-refractivity contribution in [2.24, 2.45) is 5.73 Å². The molecule has 0 aliphatic carbocycles. The Morgan fingerprint density at radius 3 is 2.43 bits per heavy atom. The summed E-state index contributed by atoms with van der Waals surface area (Å²) in [6.45, 7) is 3.95. The van der Waals surface area contributed by atoms with Crippen LogP contribution in [0.2, 0.25) is 0 Å². The van der Waals surface area contributed by atoms with Crippen molar-refractivity contribution in [1.29, 1.82) is 0 Å². The highest BCUT2D eigenvalue weighted by Gasteiger charge is 2.15. The molecule has 1 atom stereocenters. The van der Waals surface area contributed by atoms with Crippen molar-refractivity contribution >= 4 is 27.4 Å². The molecule has 0 spiro atoms. The Balaban J connectivity index is 4.24. The fourth-order valence-electron chi connectivity index (χ4n) is 0.963.